The van der Waals surface area contributed by atoms with E-state index in [1.54, 1.807) is 0 Å². The number of ether oxygens (including phenoxy) is 1. The molecule has 15 nitrogen and oxygen atoms in total. The quantitative estimate of drug-likeness (QED) is 0.274. The van der Waals surface area contributed by atoms with Crippen LogP contribution in [0.15, 0.2) is 11.1 Å². The summed E-state index contributed by atoms with van der Waals surface area (Å²) in [4.78, 5) is 40.2. The van der Waals surface area contributed by atoms with Crippen molar-refractivity contribution < 1.29 is 42.7 Å². The second kappa shape index (κ2) is 7.30. The zero-order chi connectivity index (χ0) is 20.9. The van der Waals surface area contributed by atoms with E-state index in [1.165, 1.54) is 0 Å². The Morgan fingerprint density at radius 3 is 2.68 bits per heavy atom. The molecule has 7 N–H and O–H groups in total. The lowest BCUT2D eigenvalue weighted by molar-refractivity contribution is -0.0501. The Balaban J connectivity index is 1.79. The number of aromatic amines is 1. The van der Waals surface area contributed by atoms with Gasteiger partial charge in [0.05, 0.1) is 12.9 Å². The standard InChI is InChI=1S/C11H17N5O10P2/c1-27(20,21)26-28(22,23)24-2-4-6(17)7(18)10(25-4)16-3-13-5-8(16)14-11(12)15-9(5)19/h3-4,6-7,10,17-18H,2H2,1H3,(H,20,21)(H,22,23)(H3,12,14,15,19)/t4-,6+,7?,10-/m1/s1. The van der Waals surface area contributed by atoms with Crippen LogP contribution >= 0.6 is 15.4 Å². The number of anilines is 1. The Kier molecular flexibility index (Phi) is 5.49. The van der Waals surface area contributed by atoms with Crippen molar-refractivity contribution in [3.05, 3.63) is 16.7 Å². The van der Waals surface area contributed by atoms with Crippen LogP contribution in [0.25, 0.3) is 11.2 Å². The van der Waals surface area contributed by atoms with Crippen LogP contribution < -0.4 is 11.3 Å². The molecule has 0 radical (unpaired) electrons. The molecule has 2 aromatic rings. The summed E-state index contributed by atoms with van der Waals surface area (Å²) in [7, 11) is -9.24. The van der Waals surface area contributed by atoms with Gasteiger partial charge in [0.15, 0.2) is 17.4 Å². The van der Waals surface area contributed by atoms with Crippen LogP contribution in [-0.4, -0.2) is 71.1 Å². The van der Waals surface area contributed by atoms with Crippen LogP contribution in [0, 0.1) is 0 Å². The maximum atomic E-state index is 11.8. The summed E-state index contributed by atoms with van der Waals surface area (Å²) in [6.07, 6.45) is -4.60. The van der Waals surface area contributed by atoms with E-state index in [9.17, 15) is 29.0 Å². The number of nitrogens with zero attached hydrogens (tertiary/aromatic N) is 3. The third-order valence-electron chi connectivity index (χ3n) is 3.72. The van der Waals surface area contributed by atoms with E-state index in [2.05, 4.69) is 23.8 Å². The lowest BCUT2D eigenvalue weighted by atomic mass is 10.1. The number of imidazole rings is 1. The average Bonchev–Trinajstić information content (AvgIpc) is 3.06. The fraction of sp³-hybridized carbons (Fsp3) is 0.545. The molecule has 3 heterocycles. The van der Waals surface area contributed by atoms with Gasteiger partial charge < -0.3 is 30.5 Å². The van der Waals surface area contributed by atoms with Gasteiger partial charge in [-0.2, -0.15) is 4.98 Å². The van der Waals surface area contributed by atoms with E-state index >= 15 is 0 Å². The smallest absolute Gasteiger partial charge is 0.387 e. The first-order valence-electron chi connectivity index (χ1n) is 7.61. The number of H-pyrrole nitrogens is 1. The van der Waals surface area contributed by atoms with E-state index in [4.69, 9.17) is 15.4 Å². The topological polar surface area (TPSA) is 232 Å². The molecule has 1 saturated heterocycles. The highest BCUT2D eigenvalue weighted by molar-refractivity contribution is 7.63. The first-order valence-corrected chi connectivity index (χ1v) is 11.1. The monoisotopic (exact) mass is 441 g/mol. The number of hydrogen-bond donors (Lipinski definition) is 6. The van der Waals surface area contributed by atoms with E-state index in [-0.39, 0.29) is 17.1 Å². The van der Waals surface area contributed by atoms with Gasteiger partial charge in [-0.15, -0.1) is 0 Å². The van der Waals surface area contributed by atoms with E-state index in [1.807, 2.05) is 0 Å². The summed E-state index contributed by atoms with van der Waals surface area (Å²) >= 11 is 0. The highest BCUT2D eigenvalue weighted by atomic mass is 31.3. The van der Waals surface area contributed by atoms with Crippen molar-refractivity contribution in [3.63, 3.8) is 0 Å². The maximum Gasteiger partial charge on any atom is 0.479 e. The number of fused-ring (bicyclic) bond motifs is 1. The maximum absolute atomic E-state index is 11.8. The largest absolute Gasteiger partial charge is 0.479 e. The van der Waals surface area contributed by atoms with Crippen LogP contribution in [0.1, 0.15) is 6.23 Å². The third-order valence-corrected chi connectivity index (χ3v) is 6.23. The summed E-state index contributed by atoms with van der Waals surface area (Å²) in [6, 6.07) is 0. The highest BCUT2D eigenvalue weighted by Gasteiger charge is 2.45. The lowest BCUT2D eigenvalue weighted by Gasteiger charge is -2.18. The van der Waals surface area contributed by atoms with Gasteiger partial charge in [0, 0.05) is 6.66 Å². The molecule has 0 saturated carbocycles. The van der Waals surface area contributed by atoms with Crippen molar-refractivity contribution in [1.29, 1.82) is 0 Å². The fourth-order valence-electron chi connectivity index (χ4n) is 2.61. The van der Waals surface area contributed by atoms with E-state index in [0.717, 1.165) is 10.9 Å². The number of phosphoric acid groups is 1. The highest BCUT2D eigenvalue weighted by Crippen LogP contribution is 2.58. The molecule has 0 spiro atoms. The summed E-state index contributed by atoms with van der Waals surface area (Å²) in [5.41, 5.74) is 4.75. The normalized spacial score (nSPS) is 29.6. The van der Waals surface area contributed by atoms with Crippen molar-refractivity contribution in [2.45, 2.75) is 24.5 Å². The second-order valence-corrected chi connectivity index (χ2v) is 9.42. The van der Waals surface area contributed by atoms with E-state index < -0.39 is 52.1 Å². The predicted molar refractivity (Wildman–Crippen MR) is 91.1 cm³/mol. The van der Waals surface area contributed by atoms with Gasteiger partial charge in [0.25, 0.3) is 5.56 Å². The SMILES string of the molecule is CP(=O)(O)OP(=O)(O)OC[C@H]1O[C@@H](n2cnc3c(=O)[nH]c(N)nc32)C(O)[C@H]1O. The lowest BCUT2D eigenvalue weighted by Crippen LogP contribution is -2.33. The van der Waals surface area contributed by atoms with Crippen LogP contribution in [-0.2, 0) is 22.7 Å². The van der Waals surface area contributed by atoms with E-state index in [0.29, 0.717) is 6.66 Å². The molecule has 6 atom stereocenters. The Bertz CT molecular complexity index is 1030. The number of aliphatic hydroxyl groups is 2. The molecule has 156 valence electrons. The van der Waals surface area contributed by atoms with Crippen LogP contribution in [0.5, 0.6) is 0 Å². The first kappa shape index (κ1) is 21.0. The molecule has 0 aromatic carbocycles. The van der Waals surface area contributed by atoms with Crippen molar-refractivity contribution in [2.24, 2.45) is 0 Å². The first-order chi connectivity index (χ1) is 12.9. The van der Waals surface area contributed by atoms with Crippen LogP contribution in [0.2, 0.25) is 0 Å². The number of nitrogens with one attached hydrogen (secondary N) is 1. The van der Waals surface area contributed by atoms with Crippen molar-refractivity contribution in [2.75, 3.05) is 19.0 Å². The van der Waals surface area contributed by atoms with Crippen LogP contribution in [0.4, 0.5) is 5.95 Å². The number of nitrogen functional groups attached to an aromatic ring is 1. The molecule has 1 aliphatic rings. The molecule has 0 amide bonds. The van der Waals surface area contributed by atoms with Gasteiger partial charge >= 0.3 is 15.4 Å². The zero-order valence-electron chi connectivity index (χ0n) is 14.1. The minimum atomic E-state index is -4.92. The van der Waals surface area contributed by atoms with Gasteiger partial charge in [-0.3, -0.25) is 23.4 Å². The molecule has 1 fully saturated rings. The number of phosphoric ester groups is 1. The average molecular weight is 441 g/mol. The van der Waals surface area contributed by atoms with Crippen LogP contribution in [0.3, 0.4) is 0 Å². The zero-order valence-corrected chi connectivity index (χ0v) is 15.9. The molecular formula is C11H17N5O10P2. The molecule has 28 heavy (non-hydrogen) atoms. The number of hydrogen-bond acceptors (Lipinski definition) is 11. The Morgan fingerprint density at radius 2 is 2.04 bits per heavy atom. The number of rotatable bonds is 6. The Morgan fingerprint density at radius 1 is 1.36 bits per heavy atom. The van der Waals surface area contributed by atoms with Gasteiger partial charge in [0.1, 0.15) is 18.3 Å². The number of aromatic nitrogens is 4. The van der Waals surface area contributed by atoms with Gasteiger partial charge in [0.2, 0.25) is 5.95 Å². The molecule has 0 aliphatic carbocycles. The number of aliphatic hydroxyl groups excluding tert-OH is 2. The minimum Gasteiger partial charge on any atom is -0.387 e. The summed E-state index contributed by atoms with van der Waals surface area (Å²) < 4.78 is 37.9. The predicted octanol–water partition coefficient (Wildman–Crippen LogP) is -1.73. The molecule has 3 unspecified atom stereocenters. The van der Waals surface area contributed by atoms with Gasteiger partial charge in [-0.1, -0.05) is 0 Å². The Labute approximate surface area is 155 Å². The number of nitrogens with two attached hydrogens (primary N) is 1. The second-order valence-electron chi connectivity index (χ2n) is 5.97. The molecule has 2 aromatic heterocycles. The summed E-state index contributed by atoms with van der Waals surface area (Å²) in [6.45, 7) is -0.0736. The van der Waals surface area contributed by atoms with Gasteiger partial charge in [-0.05, 0) is 0 Å². The molecule has 1 aliphatic heterocycles. The van der Waals surface area contributed by atoms with Gasteiger partial charge in [-0.25, -0.2) is 13.9 Å². The molecule has 3 rings (SSSR count). The van der Waals surface area contributed by atoms with Crippen molar-refractivity contribution in [1.82, 2.24) is 19.5 Å². The Hall–Kier alpha value is -1.67. The summed E-state index contributed by atoms with van der Waals surface area (Å²) in [5, 5.41) is 20.4. The molecular weight excluding hydrogens is 424 g/mol. The molecule has 17 heteroatoms. The minimum absolute atomic E-state index is 0.0255. The fourth-order valence-corrected chi connectivity index (χ4v) is 4.66. The van der Waals surface area contributed by atoms with Crippen molar-refractivity contribution in [3.8, 4) is 0 Å². The summed E-state index contributed by atoms with van der Waals surface area (Å²) in [5.74, 6) is -0.210. The molecule has 0 bridgehead atoms. The third kappa shape index (κ3) is 4.33. The van der Waals surface area contributed by atoms with Crippen molar-refractivity contribution >= 4 is 32.5 Å².